The molecule has 1 rings (SSSR count). The highest BCUT2D eigenvalue weighted by Gasteiger charge is 2.10. The van der Waals surface area contributed by atoms with E-state index in [2.05, 4.69) is 24.5 Å². The molecule has 112 valence electrons. The van der Waals surface area contributed by atoms with Gasteiger partial charge in [0.25, 0.3) is 5.91 Å². The lowest BCUT2D eigenvalue weighted by atomic mass is 10.1. The van der Waals surface area contributed by atoms with Crippen LogP contribution in [0.4, 0.5) is 0 Å². The van der Waals surface area contributed by atoms with Gasteiger partial charge < -0.3 is 15.4 Å². The summed E-state index contributed by atoms with van der Waals surface area (Å²) in [5, 5.41) is 6.60. The lowest BCUT2D eigenvalue weighted by molar-refractivity contribution is -0.123. The minimum Gasteiger partial charge on any atom is -0.482 e. The fourth-order valence-corrected chi connectivity index (χ4v) is 2.08. The molecule has 4 nitrogen and oxygen atoms in total. The van der Waals surface area contributed by atoms with Crippen molar-refractivity contribution in [3.05, 3.63) is 28.8 Å². The summed E-state index contributed by atoms with van der Waals surface area (Å²) >= 11 is 6.18. The van der Waals surface area contributed by atoms with Crippen molar-refractivity contribution in [2.75, 3.05) is 13.2 Å². The van der Waals surface area contributed by atoms with E-state index in [0.29, 0.717) is 10.8 Å². The van der Waals surface area contributed by atoms with Gasteiger partial charge in [0.1, 0.15) is 5.75 Å². The average molecular weight is 299 g/mol. The quantitative estimate of drug-likeness (QED) is 0.814. The Morgan fingerprint density at radius 2 is 2.05 bits per heavy atom. The van der Waals surface area contributed by atoms with Crippen molar-refractivity contribution in [3.8, 4) is 5.75 Å². The zero-order valence-corrected chi connectivity index (χ0v) is 13.3. The molecule has 1 atom stereocenters. The molecule has 0 aliphatic carbocycles. The highest BCUT2D eigenvalue weighted by molar-refractivity contribution is 6.32. The highest BCUT2D eigenvalue weighted by Crippen LogP contribution is 2.27. The van der Waals surface area contributed by atoms with E-state index in [0.717, 1.165) is 12.1 Å². The second kappa shape index (κ2) is 8.12. The summed E-state index contributed by atoms with van der Waals surface area (Å²) in [5.41, 5.74) is 1.09. The molecule has 0 saturated carbocycles. The number of halogens is 1. The first-order valence-electron chi connectivity index (χ1n) is 6.89. The molecule has 1 aromatic carbocycles. The van der Waals surface area contributed by atoms with Gasteiger partial charge in [0.15, 0.2) is 6.61 Å². The number of carbonyl (C=O) groups excluding carboxylic acids is 1. The molecule has 0 aliphatic rings. The fourth-order valence-electron chi connectivity index (χ4n) is 1.83. The predicted molar refractivity (Wildman–Crippen MR) is 82.3 cm³/mol. The molecule has 0 fully saturated rings. The standard InChI is InChI=1S/C15H23ClN2O2/c1-5-17-11(4)12-6-7-14(13(16)8-12)20-9-15(19)18-10(2)3/h6-8,10-11,17H,5,9H2,1-4H3,(H,18,19). The number of nitrogens with one attached hydrogen (secondary N) is 2. The highest BCUT2D eigenvalue weighted by atomic mass is 35.5. The van der Waals surface area contributed by atoms with Crippen LogP contribution in [0.15, 0.2) is 18.2 Å². The minimum atomic E-state index is -0.152. The van der Waals surface area contributed by atoms with Crippen LogP contribution in [0, 0.1) is 0 Å². The lowest BCUT2D eigenvalue weighted by Crippen LogP contribution is -2.34. The molecule has 1 aromatic rings. The number of rotatable bonds is 7. The normalized spacial score (nSPS) is 12.3. The maximum absolute atomic E-state index is 11.5. The van der Waals surface area contributed by atoms with Gasteiger partial charge >= 0.3 is 0 Å². The fraction of sp³-hybridized carbons (Fsp3) is 0.533. The first-order chi connectivity index (χ1) is 9.43. The van der Waals surface area contributed by atoms with Crippen LogP contribution in [0.2, 0.25) is 5.02 Å². The summed E-state index contributed by atoms with van der Waals surface area (Å²) in [6, 6.07) is 5.95. The van der Waals surface area contributed by atoms with Gasteiger partial charge in [-0.15, -0.1) is 0 Å². The molecule has 20 heavy (non-hydrogen) atoms. The Bertz CT molecular complexity index is 449. The van der Waals surface area contributed by atoms with E-state index in [1.165, 1.54) is 0 Å². The topological polar surface area (TPSA) is 50.4 Å². The van der Waals surface area contributed by atoms with E-state index in [1.54, 1.807) is 6.07 Å². The second-order valence-corrected chi connectivity index (χ2v) is 5.39. The van der Waals surface area contributed by atoms with Crippen LogP contribution >= 0.6 is 11.6 Å². The molecule has 0 aliphatic heterocycles. The van der Waals surface area contributed by atoms with E-state index < -0.39 is 0 Å². The number of carbonyl (C=O) groups is 1. The third kappa shape index (κ3) is 5.39. The molecule has 0 radical (unpaired) electrons. The smallest absolute Gasteiger partial charge is 0.258 e. The molecule has 2 N–H and O–H groups in total. The van der Waals surface area contributed by atoms with Gasteiger partial charge in [-0.25, -0.2) is 0 Å². The van der Waals surface area contributed by atoms with Crippen molar-refractivity contribution in [2.24, 2.45) is 0 Å². The summed E-state index contributed by atoms with van der Waals surface area (Å²) in [4.78, 5) is 11.5. The third-order valence-corrected chi connectivity index (χ3v) is 3.07. The van der Waals surface area contributed by atoms with E-state index in [-0.39, 0.29) is 24.6 Å². The maximum Gasteiger partial charge on any atom is 0.258 e. The van der Waals surface area contributed by atoms with Crippen molar-refractivity contribution in [2.45, 2.75) is 39.8 Å². The summed E-state index contributed by atoms with van der Waals surface area (Å²) in [7, 11) is 0. The monoisotopic (exact) mass is 298 g/mol. The largest absolute Gasteiger partial charge is 0.482 e. The molecular formula is C15H23ClN2O2. The molecule has 0 aromatic heterocycles. The van der Waals surface area contributed by atoms with Crippen LogP contribution in [0.5, 0.6) is 5.75 Å². The summed E-state index contributed by atoms with van der Waals surface area (Å²) < 4.78 is 5.43. The molecule has 0 saturated heterocycles. The van der Waals surface area contributed by atoms with Crippen LogP contribution < -0.4 is 15.4 Å². The van der Waals surface area contributed by atoms with Crippen LogP contribution in [-0.4, -0.2) is 25.1 Å². The van der Waals surface area contributed by atoms with Gasteiger partial charge in [-0.1, -0.05) is 24.6 Å². The van der Waals surface area contributed by atoms with Crippen LogP contribution in [-0.2, 0) is 4.79 Å². The van der Waals surface area contributed by atoms with Crippen LogP contribution in [0.3, 0.4) is 0 Å². The number of ether oxygens (including phenoxy) is 1. The van der Waals surface area contributed by atoms with Gasteiger partial charge in [0, 0.05) is 12.1 Å². The van der Waals surface area contributed by atoms with Crippen molar-refractivity contribution in [3.63, 3.8) is 0 Å². The van der Waals surface area contributed by atoms with Crippen molar-refractivity contribution >= 4 is 17.5 Å². The molecular weight excluding hydrogens is 276 g/mol. The molecule has 1 amide bonds. The Morgan fingerprint density at radius 3 is 2.60 bits per heavy atom. The van der Waals surface area contributed by atoms with Gasteiger partial charge in [-0.2, -0.15) is 0 Å². The Hall–Kier alpha value is -1.26. The van der Waals surface area contributed by atoms with Gasteiger partial charge in [-0.05, 0) is 45.0 Å². The lowest BCUT2D eigenvalue weighted by Gasteiger charge is -2.15. The molecule has 0 spiro atoms. The average Bonchev–Trinajstić information content (AvgIpc) is 2.36. The van der Waals surface area contributed by atoms with E-state index in [4.69, 9.17) is 16.3 Å². The first-order valence-corrected chi connectivity index (χ1v) is 7.26. The molecule has 5 heteroatoms. The Labute approximate surface area is 125 Å². The first kappa shape index (κ1) is 16.8. The zero-order valence-electron chi connectivity index (χ0n) is 12.5. The minimum absolute atomic E-state index is 0.0278. The summed E-state index contributed by atoms with van der Waals surface area (Å²) in [6.45, 7) is 8.81. The Morgan fingerprint density at radius 1 is 1.35 bits per heavy atom. The summed E-state index contributed by atoms with van der Waals surface area (Å²) in [6.07, 6.45) is 0. The van der Waals surface area contributed by atoms with Gasteiger partial charge in [0.2, 0.25) is 0 Å². The third-order valence-electron chi connectivity index (χ3n) is 2.77. The van der Waals surface area contributed by atoms with Crippen molar-refractivity contribution in [1.82, 2.24) is 10.6 Å². The maximum atomic E-state index is 11.5. The van der Waals surface area contributed by atoms with Gasteiger partial charge in [0.05, 0.1) is 5.02 Å². The predicted octanol–water partition coefficient (Wildman–Crippen LogP) is 2.91. The molecule has 0 bridgehead atoms. The number of hydrogen-bond donors (Lipinski definition) is 2. The van der Waals surface area contributed by atoms with Crippen molar-refractivity contribution in [1.29, 1.82) is 0 Å². The number of hydrogen-bond acceptors (Lipinski definition) is 3. The zero-order chi connectivity index (χ0) is 15.1. The number of amides is 1. The Balaban J connectivity index is 2.62. The summed E-state index contributed by atoms with van der Waals surface area (Å²) in [5.74, 6) is 0.374. The SMILES string of the molecule is CCNC(C)c1ccc(OCC(=O)NC(C)C)c(Cl)c1. The Kier molecular flexibility index (Phi) is 6.82. The van der Waals surface area contributed by atoms with Crippen LogP contribution in [0.1, 0.15) is 39.3 Å². The molecule has 1 unspecified atom stereocenters. The van der Waals surface area contributed by atoms with E-state index >= 15 is 0 Å². The van der Waals surface area contributed by atoms with E-state index in [9.17, 15) is 4.79 Å². The number of benzene rings is 1. The molecule has 0 heterocycles. The van der Waals surface area contributed by atoms with Crippen LogP contribution in [0.25, 0.3) is 0 Å². The van der Waals surface area contributed by atoms with E-state index in [1.807, 2.05) is 26.0 Å². The van der Waals surface area contributed by atoms with Crippen molar-refractivity contribution < 1.29 is 9.53 Å². The van der Waals surface area contributed by atoms with Gasteiger partial charge in [-0.3, -0.25) is 4.79 Å². The second-order valence-electron chi connectivity index (χ2n) is 4.98.